The van der Waals surface area contributed by atoms with Gasteiger partial charge >= 0.3 is 0 Å². The Morgan fingerprint density at radius 1 is 1.38 bits per heavy atom. The summed E-state index contributed by atoms with van der Waals surface area (Å²) in [4.78, 5) is 13.7. The van der Waals surface area contributed by atoms with E-state index in [0.717, 1.165) is 19.4 Å². The van der Waals surface area contributed by atoms with Crippen LogP contribution in [0.1, 0.15) is 23.2 Å². The lowest BCUT2D eigenvalue weighted by molar-refractivity contribution is 0.0827. The highest BCUT2D eigenvalue weighted by molar-refractivity contribution is 7.89. The minimum absolute atomic E-state index is 0. The van der Waals surface area contributed by atoms with Crippen molar-refractivity contribution in [3.05, 3.63) is 29.8 Å². The van der Waals surface area contributed by atoms with Gasteiger partial charge in [-0.1, -0.05) is 6.07 Å². The van der Waals surface area contributed by atoms with E-state index in [2.05, 4.69) is 5.32 Å². The summed E-state index contributed by atoms with van der Waals surface area (Å²) in [6.07, 6.45) is 1.90. The Kier molecular flexibility index (Phi) is 7.66. The van der Waals surface area contributed by atoms with Gasteiger partial charge in [-0.2, -0.15) is 4.31 Å². The summed E-state index contributed by atoms with van der Waals surface area (Å²) in [5, 5.41) is 3.11. The maximum atomic E-state index is 12.9. The van der Waals surface area contributed by atoms with Crippen molar-refractivity contribution in [2.45, 2.75) is 17.7 Å². The van der Waals surface area contributed by atoms with E-state index >= 15 is 0 Å². The molecule has 24 heavy (non-hydrogen) atoms. The van der Waals surface area contributed by atoms with Crippen LogP contribution in [0.15, 0.2) is 29.2 Å². The molecule has 1 amide bonds. The van der Waals surface area contributed by atoms with E-state index in [1.165, 1.54) is 15.3 Å². The van der Waals surface area contributed by atoms with Crippen LogP contribution in [-0.2, 0) is 10.0 Å². The van der Waals surface area contributed by atoms with Gasteiger partial charge in [-0.25, -0.2) is 8.42 Å². The number of rotatable bonds is 5. The third kappa shape index (κ3) is 4.69. The summed E-state index contributed by atoms with van der Waals surface area (Å²) < 4.78 is 27.3. The van der Waals surface area contributed by atoms with E-state index in [1.807, 2.05) is 7.05 Å². The Hall–Kier alpha value is -1.15. The smallest absolute Gasteiger partial charge is 0.253 e. The second-order valence-electron chi connectivity index (χ2n) is 6.16. The fourth-order valence-corrected chi connectivity index (χ4v) is 4.50. The zero-order valence-electron chi connectivity index (χ0n) is 14.4. The summed E-state index contributed by atoms with van der Waals surface area (Å²) >= 11 is 0. The molecule has 0 aliphatic carbocycles. The molecule has 2 rings (SSSR count). The highest BCUT2D eigenvalue weighted by Crippen LogP contribution is 2.24. The molecule has 8 heteroatoms. The summed E-state index contributed by atoms with van der Waals surface area (Å²) in [5.41, 5.74) is 0.389. The zero-order valence-corrected chi connectivity index (χ0v) is 16.0. The van der Waals surface area contributed by atoms with E-state index in [0.29, 0.717) is 24.6 Å². The Morgan fingerprint density at radius 3 is 2.71 bits per heavy atom. The highest BCUT2D eigenvalue weighted by atomic mass is 35.5. The summed E-state index contributed by atoms with van der Waals surface area (Å²) in [6, 6.07) is 6.29. The van der Waals surface area contributed by atoms with Crippen molar-refractivity contribution in [3.8, 4) is 0 Å². The van der Waals surface area contributed by atoms with Gasteiger partial charge in [-0.15, -0.1) is 12.4 Å². The van der Waals surface area contributed by atoms with E-state index in [1.54, 1.807) is 32.3 Å². The number of nitrogens with zero attached hydrogens (tertiary/aromatic N) is 2. The molecule has 1 unspecified atom stereocenters. The van der Waals surface area contributed by atoms with Gasteiger partial charge < -0.3 is 10.2 Å². The first kappa shape index (κ1) is 20.9. The molecule has 1 atom stereocenters. The van der Waals surface area contributed by atoms with Crippen LogP contribution in [0.5, 0.6) is 0 Å². The fraction of sp³-hybridized carbons (Fsp3) is 0.562. The predicted molar refractivity (Wildman–Crippen MR) is 97.1 cm³/mol. The van der Waals surface area contributed by atoms with Gasteiger partial charge in [-0.3, -0.25) is 4.79 Å². The number of hydrogen-bond acceptors (Lipinski definition) is 4. The van der Waals surface area contributed by atoms with Crippen LogP contribution in [0, 0.1) is 5.92 Å². The zero-order chi connectivity index (χ0) is 17.0. The highest BCUT2D eigenvalue weighted by Gasteiger charge is 2.30. The van der Waals surface area contributed by atoms with Crippen LogP contribution >= 0.6 is 12.4 Å². The average Bonchev–Trinajstić information content (AvgIpc) is 2.54. The number of hydrogen-bond donors (Lipinski definition) is 1. The third-order valence-electron chi connectivity index (χ3n) is 4.10. The minimum Gasteiger partial charge on any atom is -0.345 e. The largest absolute Gasteiger partial charge is 0.345 e. The molecule has 1 fully saturated rings. The summed E-state index contributed by atoms with van der Waals surface area (Å²) in [7, 11) is 1.62. The quantitative estimate of drug-likeness (QED) is 0.845. The van der Waals surface area contributed by atoms with Crippen molar-refractivity contribution in [2.24, 2.45) is 5.92 Å². The molecule has 0 radical (unpaired) electrons. The molecule has 0 saturated carbocycles. The van der Waals surface area contributed by atoms with Gasteiger partial charge in [0.25, 0.3) is 5.91 Å². The molecule has 1 aromatic rings. The Labute approximate surface area is 150 Å². The van der Waals surface area contributed by atoms with Crippen LogP contribution < -0.4 is 5.32 Å². The van der Waals surface area contributed by atoms with Crippen LogP contribution in [0.2, 0.25) is 0 Å². The van der Waals surface area contributed by atoms with Gasteiger partial charge in [0, 0.05) is 32.7 Å². The standard InChI is InChI=1S/C16H25N3O3S.ClH/c1-17-11-13-6-5-9-19(12-13)23(21,22)15-8-4-7-14(10-15)16(20)18(2)3;/h4,7-8,10,13,17H,5-6,9,11-12H2,1-3H3;1H. The van der Waals surface area contributed by atoms with Crippen LogP contribution in [-0.4, -0.2) is 64.3 Å². The number of benzene rings is 1. The van der Waals surface area contributed by atoms with Crippen LogP contribution in [0.25, 0.3) is 0 Å². The number of amides is 1. The van der Waals surface area contributed by atoms with Crippen molar-refractivity contribution >= 4 is 28.3 Å². The van der Waals surface area contributed by atoms with Gasteiger partial charge in [0.15, 0.2) is 0 Å². The molecular weight excluding hydrogens is 350 g/mol. The fourth-order valence-electron chi connectivity index (χ4n) is 2.90. The number of sulfonamides is 1. The number of piperidine rings is 1. The third-order valence-corrected chi connectivity index (χ3v) is 5.96. The average molecular weight is 376 g/mol. The monoisotopic (exact) mass is 375 g/mol. The molecule has 0 spiro atoms. The second-order valence-corrected chi connectivity index (χ2v) is 8.09. The molecule has 136 valence electrons. The molecule has 0 aromatic heterocycles. The van der Waals surface area contributed by atoms with E-state index in [4.69, 9.17) is 0 Å². The van der Waals surface area contributed by atoms with Gasteiger partial charge in [-0.05, 0) is 50.6 Å². The van der Waals surface area contributed by atoms with Crippen molar-refractivity contribution in [3.63, 3.8) is 0 Å². The molecule has 6 nitrogen and oxygen atoms in total. The van der Waals surface area contributed by atoms with Crippen LogP contribution in [0.4, 0.5) is 0 Å². The number of halogens is 1. The maximum Gasteiger partial charge on any atom is 0.253 e. The Morgan fingerprint density at radius 2 is 2.08 bits per heavy atom. The predicted octanol–water partition coefficient (Wildman–Crippen LogP) is 1.43. The minimum atomic E-state index is -3.56. The molecule has 1 heterocycles. The Balaban J connectivity index is 0.00000288. The van der Waals surface area contributed by atoms with E-state index < -0.39 is 10.0 Å². The van der Waals surface area contributed by atoms with E-state index in [-0.39, 0.29) is 23.2 Å². The number of carbonyl (C=O) groups excluding carboxylic acids is 1. The first-order chi connectivity index (χ1) is 10.9. The summed E-state index contributed by atoms with van der Waals surface area (Å²) in [6.45, 7) is 1.87. The van der Waals surface area contributed by atoms with Gasteiger partial charge in [0.1, 0.15) is 0 Å². The van der Waals surface area contributed by atoms with Crippen molar-refractivity contribution in [2.75, 3.05) is 40.8 Å². The lowest BCUT2D eigenvalue weighted by atomic mass is 10.00. The topological polar surface area (TPSA) is 69.7 Å². The SMILES string of the molecule is CNCC1CCCN(S(=O)(=O)c2cccc(C(=O)N(C)C)c2)C1.Cl. The first-order valence-electron chi connectivity index (χ1n) is 7.82. The number of nitrogens with one attached hydrogen (secondary N) is 1. The first-order valence-corrected chi connectivity index (χ1v) is 9.26. The lowest BCUT2D eigenvalue weighted by Gasteiger charge is -2.32. The molecular formula is C16H26ClN3O3S. The van der Waals surface area contributed by atoms with Gasteiger partial charge in [0.05, 0.1) is 4.90 Å². The summed E-state index contributed by atoms with van der Waals surface area (Å²) in [5.74, 6) is 0.129. The molecule has 1 N–H and O–H groups in total. The number of carbonyl (C=O) groups is 1. The Bertz CT molecular complexity index is 662. The molecule has 1 aromatic carbocycles. The van der Waals surface area contributed by atoms with Crippen LogP contribution in [0.3, 0.4) is 0 Å². The van der Waals surface area contributed by atoms with Crippen molar-refractivity contribution < 1.29 is 13.2 Å². The lowest BCUT2D eigenvalue weighted by Crippen LogP contribution is -2.42. The van der Waals surface area contributed by atoms with Crippen molar-refractivity contribution in [1.29, 1.82) is 0 Å². The second kappa shape index (κ2) is 8.80. The van der Waals surface area contributed by atoms with Crippen molar-refractivity contribution in [1.82, 2.24) is 14.5 Å². The van der Waals surface area contributed by atoms with E-state index in [9.17, 15) is 13.2 Å². The molecule has 0 bridgehead atoms. The normalized spacial score (nSPS) is 18.7. The van der Waals surface area contributed by atoms with Gasteiger partial charge in [0.2, 0.25) is 10.0 Å². The molecule has 1 aliphatic rings. The maximum absolute atomic E-state index is 12.9. The molecule has 1 aliphatic heterocycles. The molecule has 1 saturated heterocycles.